The summed E-state index contributed by atoms with van der Waals surface area (Å²) < 4.78 is 1.84. The molecule has 0 bridgehead atoms. The summed E-state index contributed by atoms with van der Waals surface area (Å²) in [7, 11) is 2.08. The van der Waals surface area contributed by atoms with Crippen LogP contribution in [-0.2, 0) is 6.54 Å². The molecule has 1 aliphatic rings. The van der Waals surface area contributed by atoms with Gasteiger partial charge in [0.2, 0.25) is 0 Å². The second-order valence-corrected chi connectivity index (χ2v) is 4.90. The number of rotatable bonds is 5. The van der Waals surface area contributed by atoms with Crippen molar-refractivity contribution in [1.82, 2.24) is 9.47 Å². The lowest BCUT2D eigenvalue weighted by Gasteiger charge is -2.18. The van der Waals surface area contributed by atoms with Crippen LogP contribution in [0.25, 0.3) is 0 Å². The first-order chi connectivity index (χ1) is 8.49. The van der Waals surface area contributed by atoms with E-state index >= 15 is 0 Å². The minimum atomic E-state index is -1.16. The maximum atomic E-state index is 11.5. The summed E-state index contributed by atoms with van der Waals surface area (Å²) in [4.78, 5) is 24.7. The van der Waals surface area contributed by atoms with Crippen LogP contribution in [-0.4, -0.2) is 40.2 Å². The summed E-state index contributed by atoms with van der Waals surface area (Å²) in [5.41, 5.74) is 0.218. The zero-order valence-electron chi connectivity index (χ0n) is 10.7. The van der Waals surface area contributed by atoms with Crippen LogP contribution in [0.5, 0.6) is 0 Å². The van der Waals surface area contributed by atoms with Crippen molar-refractivity contribution in [3.8, 4) is 0 Å². The monoisotopic (exact) mass is 250 g/mol. The highest BCUT2D eigenvalue weighted by atomic mass is 16.4. The lowest BCUT2D eigenvalue weighted by Crippen LogP contribution is -2.27. The van der Waals surface area contributed by atoms with Crippen LogP contribution < -0.4 is 5.43 Å². The lowest BCUT2D eigenvalue weighted by atomic mass is 10.2. The Morgan fingerprint density at radius 1 is 1.56 bits per heavy atom. The molecule has 1 aliphatic carbocycles. The van der Waals surface area contributed by atoms with E-state index in [4.69, 9.17) is 5.11 Å². The van der Waals surface area contributed by atoms with E-state index in [0.29, 0.717) is 12.6 Å². The van der Waals surface area contributed by atoms with Gasteiger partial charge in [-0.25, -0.2) is 4.79 Å². The third kappa shape index (κ3) is 2.79. The average molecular weight is 250 g/mol. The fourth-order valence-corrected chi connectivity index (χ4v) is 2.04. The normalized spacial score (nSPS) is 15.1. The lowest BCUT2D eigenvalue weighted by molar-refractivity contribution is 0.0694. The smallest absolute Gasteiger partial charge is 0.341 e. The third-order valence-electron chi connectivity index (χ3n) is 3.44. The number of nitrogens with zero attached hydrogens (tertiary/aromatic N) is 2. The molecule has 98 valence electrons. The summed E-state index contributed by atoms with van der Waals surface area (Å²) in [6.45, 7) is 3.40. The van der Waals surface area contributed by atoms with Gasteiger partial charge in [-0.05, 0) is 26.8 Å². The van der Waals surface area contributed by atoms with Crippen molar-refractivity contribution in [3.63, 3.8) is 0 Å². The van der Waals surface area contributed by atoms with Gasteiger partial charge in [0.05, 0.1) is 0 Å². The number of hydrogen-bond donors (Lipinski definition) is 1. The molecule has 0 aromatic carbocycles. The van der Waals surface area contributed by atoms with Gasteiger partial charge in [0, 0.05) is 37.1 Å². The molecule has 1 aromatic heterocycles. The molecule has 0 unspecified atom stereocenters. The summed E-state index contributed by atoms with van der Waals surface area (Å²) in [6, 6.07) is 2.07. The van der Waals surface area contributed by atoms with E-state index in [1.165, 1.54) is 25.1 Å². The first-order valence-electron chi connectivity index (χ1n) is 6.13. The first kappa shape index (κ1) is 12.8. The van der Waals surface area contributed by atoms with Crippen molar-refractivity contribution in [3.05, 3.63) is 33.7 Å². The molecule has 0 atom stereocenters. The van der Waals surface area contributed by atoms with Crippen molar-refractivity contribution in [2.45, 2.75) is 32.4 Å². The molecule has 1 aromatic rings. The summed E-state index contributed by atoms with van der Waals surface area (Å²) in [6.07, 6.45) is 3.95. The fraction of sp³-hybridized carbons (Fsp3) is 0.538. The van der Waals surface area contributed by atoms with Gasteiger partial charge in [-0.15, -0.1) is 0 Å². The van der Waals surface area contributed by atoms with Crippen molar-refractivity contribution in [1.29, 1.82) is 0 Å². The Balaban J connectivity index is 2.13. The highest BCUT2D eigenvalue weighted by Gasteiger charge is 2.25. The predicted molar refractivity (Wildman–Crippen MR) is 68.1 cm³/mol. The topological polar surface area (TPSA) is 62.5 Å². The first-order valence-corrected chi connectivity index (χ1v) is 6.13. The van der Waals surface area contributed by atoms with Gasteiger partial charge in [-0.2, -0.15) is 0 Å². The number of carboxylic acid groups (broad SMARTS) is 1. The number of carboxylic acids is 1. The predicted octanol–water partition coefficient (Wildman–Crippen LogP) is 0.949. The summed E-state index contributed by atoms with van der Waals surface area (Å²) in [5.74, 6) is -1.16. The minimum absolute atomic E-state index is 0.158. The van der Waals surface area contributed by atoms with Crippen LogP contribution >= 0.6 is 0 Å². The van der Waals surface area contributed by atoms with Crippen molar-refractivity contribution in [2.75, 3.05) is 13.6 Å². The number of carbonyl (C=O) groups is 1. The highest BCUT2D eigenvalue weighted by Crippen LogP contribution is 2.24. The second kappa shape index (κ2) is 4.94. The van der Waals surface area contributed by atoms with Crippen molar-refractivity contribution >= 4 is 5.97 Å². The second-order valence-electron chi connectivity index (χ2n) is 4.90. The van der Waals surface area contributed by atoms with E-state index in [1.807, 2.05) is 11.5 Å². The van der Waals surface area contributed by atoms with Crippen molar-refractivity contribution < 1.29 is 9.90 Å². The number of pyridine rings is 1. The van der Waals surface area contributed by atoms with Gasteiger partial charge >= 0.3 is 5.97 Å². The molecule has 1 saturated carbocycles. The van der Waals surface area contributed by atoms with Crippen molar-refractivity contribution in [2.24, 2.45) is 0 Å². The Bertz CT molecular complexity index is 517. The van der Waals surface area contributed by atoms with Gasteiger partial charge in [0.1, 0.15) is 5.56 Å². The van der Waals surface area contributed by atoms with E-state index < -0.39 is 11.4 Å². The summed E-state index contributed by atoms with van der Waals surface area (Å²) in [5, 5.41) is 8.93. The molecule has 2 rings (SSSR count). The molecule has 18 heavy (non-hydrogen) atoms. The van der Waals surface area contributed by atoms with E-state index in [9.17, 15) is 9.59 Å². The van der Waals surface area contributed by atoms with Crippen LogP contribution in [0.15, 0.2) is 17.1 Å². The maximum Gasteiger partial charge on any atom is 0.341 e. The maximum absolute atomic E-state index is 11.5. The van der Waals surface area contributed by atoms with Crippen LogP contribution in [0.1, 0.15) is 28.9 Å². The third-order valence-corrected chi connectivity index (χ3v) is 3.44. The molecule has 0 amide bonds. The molecule has 5 nitrogen and oxygen atoms in total. The molecular formula is C13H18N2O3. The van der Waals surface area contributed by atoms with Gasteiger partial charge in [0.25, 0.3) is 0 Å². The van der Waals surface area contributed by atoms with E-state index in [2.05, 4.69) is 11.9 Å². The van der Waals surface area contributed by atoms with Gasteiger partial charge in [-0.3, -0.25) is 4.79 Å². The van der Waals surface area contributed by atoms with E-state index in [0.717, 1.165) is 12.2 Å². The molecule has 0 radical (unpaired) electrons. The molecule has 0 spiro atoms. The van der Waals surface area contributed by atoms with Gasteiger partial charge < -0.3 is 14.6 Å². The molecule has 1 N–H and O–H groups in total. The largest absolute Gasteiger partial charge is 0.477 e. The average Bonchev–Trinajstić information content (AvgIpc) is 3.10. The number of aromatic carboxylic acids is 1. The Hall–Kier alpha value is -1.62. The zero-order chi connectivity index (χ0) is 13.3. The van der Waals surface area contributed by atoms with Crippen LogP contribution in [0.2, 0.25) is 0 Å². The fourth-order valence-electron chi connectivity index (χ4n) is 2.04. The van der Waals surface area contributed by atoms with Crippen LogP contribution in [0.4, 0.5) is 0 Å². The Morgan fingerprint density at radius 2 is 2.22 bits per heavy atom. The Labute approximate surface area is 106 Å². The molecule has 5 heteroatoms. The standard InChI is InChI=1S/C13H18N2O3/c1-9-7-12(16)11(13(17)18)8-15(9)6-5-14(2)10-3-4-10/h7-8,10H,3-6H2,1-2H3,(H,17,18). The van der Waals surface area contributed by atoms with Crippen LogP contribution in [0.3, 0.4) is 0 Å². The number of likely N-dealkylation sites (N-methyl/N-ethyl adjacent to an activating group) is 1. The van der Waals surface area contributed by atoms with Gasteiger partial charge in [0.15, 0.2) is 5.43 Å². The van der Waals surface area contributed by atoms with Gasteiger partial charge in [-0.1, -0.05) is 0 Å². The molecule has 0 saturated heterocycles. The molecule has 1 heterocycles. The highest BCUT2D eigenvalue weighted by molar-refractivity contribution is 5.87. The van der Waals surface area contributed by atoms with E-state index in [1.54, 1.807) is 0 Å². The quantitative estimate of drug-likeness (QED) is 0.845. The van der Waals surface area contributed by atoms with Crippen LogP contribution in [0, 0.1) is 6.92 Å². The summed E-state index contributed by atoms with van der Waals surface area (Å²) >= 11 is 0. The Morgan fingerprint density at radius 3 is 2.78 bits per heavy atom. The molecular weight excluding hydrogens is 232 g/mol. The molecule has 0 aliphatic heterocycles. The molecule has 1 fully saturated rings. The Kier molecular flexibility index (Phi) is 3.52. The number of aryl methyl sites for hydroxylation is 1. The SMILES string of the molecule is Cc1cc(=O)c(C(=O)O)cn1CCN(C)C1CC1. The number of hydrogen-bond acceptors (Lipinski definition) is 3. The zero-order valence-corrected chi connectivity index (χ0v) is 10.7. The van der Waals surface area contributed by atoms with E-state index in [-0.39, 0.29) is 5.56 Å². The number of aromatic nitrogens is 1. The minimum Gasteiger partial charge on any atom is -0.477 e.